The van der Waals surface area contributed by atoms with Gasteiger partial charge >= 0.3 is 0 Å². The molecule has 2 N–H and O–H groups in total. The molecule has 0 aliphatic rings. The second-order valence-electron chi connectivity index (χ2n) is 4.93. The average Bonchev–Trinajstić information content (AvgIpc) is 2.56. The van der Waals surface area contributed by atoms with Gasteiger partial charge in [0.05, 0.1) is 6.21 Å². The molecule has 0 atom stereocenters. The lowest BCUT2D eigenvalue weighted by Gasteiger charge is -2.05. The van der Waals surface area contributed by atoms with Gasteiger partial charge < -0.3 is 5.11 Å². The fourth-order valence-electron chi connectivity index (χ4n) is 2.27. The summed E-state index contributed by atoms with van der Waals surface area (Å²) in [7, 11) is 0. The Labute approximate surface area is 141 Å². The van der Waals surface area contributed by atoms with Crippen LogP contribution in [0.4, 0.5) is 0 Å². The van der Waals surface area contributed by atoms with E-state index in [2.05, 4.69) is 26.5 Å². The fraction of sp³-hybridized carbons (Fsp3) is 0. The molecule has 0 spiro atoms. The lowest BCUT2D eigenvalue weighted by atomic mass is 10.0. The third-order valence-corrected chi connectivity index (χ3v) is 3.89. The van der Waals surface area contributed by atoms with Crippen LogP contribution in [-0.2, 0) is 0 Å². The van der Waals surface area contributed by atoms with Crippen molar-refractivity contribution < 1.29 is 9.90 Å². The monoisotopic (exact) mass is 368 g/mol. The zero-order chi connectivity index (χ0) is 16.2. The van der Waals surface area contributed by atoms with Crippen molar-refractivity contribution in [2.45, 2.75) is 0 Å². The van der Waals surface area contributed by atoms with Gasteiger partial charge in [-0.2, -0.15) is 5.10 Å². The van der Waals surface area contributed by atoms with Crippen molar-refractivity contribution in [3.63, 3.8) is 0 Å². The number of benzene rings is 3. The largest absolute Gasteiger partial charge is 0.507 e. The molecule has 0 aliphatic heterocycles. The maximum absolute atomic E-state index is 12.0. The van der Waals surface area contributed by atoms with Crippen LogP contribution in [0.1, 0.15) is 15.9 Å². The molecule has 23 heavy (non-hydrogen) atoms. The van der Waals surface area contributed by atoms with Gasteiger partial charge in [0.15, 0.2) is 0 Å². The molecule has 0 radical (unpaired) electrons. The molecule has 0 bridgehead atoms. The zero-order valence-electron chi connectivity index (χ0n) is 12.0. The van der Waals surface area contributed by atoms with Crippen molar-refractivity contribution in [2.75, 3.05) is 0 Å². The minimum Gasteiger partial charge on any atom is -0.507 e. The Morgan fingerprint density at radius 3 is 2.74 bits per heavy atom. The molecule has 114 valence electrons. The Bertz CT molecular complexity index is 906. The van der Waals surface area contributed by atoms with Crippen molar-refractivity contribution in [1.29, 1.82) is 0 Å². The summed E-state index contributed by atoms with van der Waals surface area (Å²) in [5.41, 5.74) is 3.53. The van der Waals surface area contributed by atoms with E-state index in [0.29, 0.717) is 11.1 Å². The molecular formula is C18H13BrN2O2. The van der Waals surface area contributed by atoms with Gasteiger partial charge in [-0.25, -0.2) is 5.43 Å². The van der Waals surface area contributed by atoms with Crippen molar-refractivity contribution >= 4 is 38.8 Å². The zero-order valence-corrected chi connectivity index (χ0v) is 13.6. The standard InChI is InChI=1S/C18H13BrN2O2/c19-14-6-3-5-13(10-14)18(23)21-20-11-16-15-7-2-1-4-12(15)8-9-17(16)22/h1-11,22H,(H,21,23)/b20-11+. The number of fused-ring (bicyclic) bond motifs is 1. The summed E-state index contributed by atoms with van der Waals surface area (Å²) in [5.74, 6) is -0.202. The number of carbonyl (C=O) groups excluding carboxylic acids is 1. The topological polar surface area (TPSA) is 61.7 Å². The Balaban J connectivity index is 1.84. The van der Waals surface area contributed by atoms with Gasteiger partial charge in [-0.3, -0.25) is 4.79 Å². The molecule has 0 fully saturated rings. The van der Waals surface area contributed by atoms with Crippen LogP contribution in [0.3, 0.4) is 0 Å². The summed E-state index contributed by atoms with van der Waals surface area (Å²) < 4.78 is 0.820. The molecule has 0 heterocycles. The van der Waals surface area contributed by atoms with Crippen LogP contribution in [-0.4, -0.2) is 17.2 Å². The highest BCUT2D eigenvalue weighted by molar-refractivity contribution is 9.10. The first-order valence-corrected chi connectivity index (χ1v) is 7.74. The van der Waals surface area contributed by atoms with Gasteiger partial charge in [0.25, 0.3) is 5.91 Å². The number of amides is 1. The highest BCUT2D eigenvalue weighted by Gasteiger charge is 2.06. The number of carbonyl (C=O) groups is 1. The molecule has 0 aliphatic carbocycles. The predicted molar refractivity (Wildman–Crippen MR) is 94.8 cm³/mol. The minimum atomic E-state index is -0.317. The highest BCUT2D eigenvalue weighted by atomic mass is 79.9. The Kier molecular flexibility index (Phi) is 4.39. The maximum Gasteiger partial charge on any atom is 0.271 e. The van der Waals surface area contributed by atoms with Gasteiger partial charge in [-0.05, 0) is 35.0 Å². The quantitative estimate of drug-likeness (QED) is 0.540. The third-order valence-electron chi connectivity index (χ3n) is 3.39. The van der Waals surface area contributed by atoms with Crippen LogP contribution in [0.5, 0.6) is 5.75 Å². The molecular weight excluding hydrogens is 356 g/mol. The van der Waals surface area contributed by atoms with Crippen molar-refractivity contribution in [2.24, 2.45) is 5.10 Å². The van der Waals surface area contributed by atoms with Gasteiger partial charge in [0.2, 0.25) is 0 Å². The second kappa shape index (κ2) is 6.62. The van der Waals surface area contributed by atoms with Crippen molar-refractivity contribution in [3.05, 3.63) is 76.3 Å². The second-order valence-corrected chi connectivity index (χ2v) is 5.84. The summed E-state index contributed by atoms with van der Waals surface area (Å²) in [6, 6.07) is 18.1. The number of hydrogen-bond acceptors (Lipinski definition) is 3. The molecule has 0 saturated carbocycles. The van der Waals surface area contributed by atoms with E-state index in [0.717, 1.165) is 15.2 Å². The molecule has 5 heteroatoms. The third kappa shape index (κ3) is 3.40. The molecule has 0 aromatic heterocycles. The lowest BCUT2D eigenvalue weighted by Crippen LogP contribution is -2.17. The molecule has 0 unspecified atom stereocenters. The van der Waals surface area contributed by atoms with Crippen LogP contribution in [0, 0.1) is 0 Å². The number of nitrogens with one attached hydrogen (secondary N) is 1. The number of halogens is 1. The van der Waals surface area contributed by atoms with Gasteiger partial charge in [-0.15, -0.1) is 0 Å². The van der Waals surface area contributed by atoms with Crippen LogP contribution in [0.15, 0.2) is 70.2 Å². The van der Waals surface area contributed by atoms with E-state index >= 15 is 0 Å². The molecule has 3 aromatic rings. The van der Waals surface area contributed by atoms with Gasteiger partial charge in [0.1, 0.15) is 5.75 Å². The Morgan fingerprint density at radius 1 is 1.09 bits per heavy atom. The van der Waals surface area contributed by atoms with Crippen LogP contribution >= 0.6 is 15.9 Å². The maximum atomic E-state index is 12.0. The number of aromatic hydroxyl groups is 1. The molecule has 1 amide bonds. The molecule has 4 nitrogen and oxygen atoms in total. The van der Waals surface area contributed by atoms with E-state index in [1.165, 1.54) is 6.21 Å². The molecule has 0 saturated heterocycles. The number of hydrazone groups is 1. The predicted octanol–water partition coefficient (Wildman–Crippen LogP) is 4.07. The number of phenols is 1. The summed E-state index contributed by atoms with van der Waals surface area (Å²) in [5, 5.41) is 15.8. The first-order valence-electron chi connectivity index (χ1n) is 6.95. The van der Waals surface area contributed by atoms with Crippen molar-refractivity contribution in [1.82, 2.24) is 5.43 Å². The normalized spacial score (nSPS) is 11.0. The van der Waals surface area contributed by atoms with Gasteiger partial charge in [0, 0.05) is 15.6 Å². The van der Waals surface area contributed by atoms with E-state index in [9.17, 15) is 9.90 Å². The number of phenolic OH excluding ortho intramolecular Hbond substituents is 1. The van der Waals surface area contributed by atoms with E-state index in [1.54, 1.807) is 24.3 Å². The van der Waals surface area contributed by atoms with Gasteiger partial charge in [-0.1, -0.05) is 52.3 Å². The Hall–Kier alpha value is -2.66. The SMILES string of the molecule is O=C(N/N=C/c1c(O)ccc2ccccc12)c1cccc(Br)c1. The average molecular weight is 369 g/mol. The number of nitrogens with zero attached hydrogens (tertiary/aromatic N) is 1. The summed E-state index contributed by atoms with van der Waals surface area (Å²) in [4.78, 5) is 12.0. The van der Waals surface area contributed by atoms with E-state index < -0.39 is 0 Å². The number of rotatable bonds is 3. The summed E-state index contributed by atoms with van der Waals surface area (Å²) in [6.45, 7) is 0. The van der Waals surface area contributed by atoms with Crippen LogP contribution in [0.25, 0.3) is 10.8 Å². The summed E-state index contributed by atoms with van der Waals surface area (Å²) >= 11 is 3.32. The summed E-state index contributed by atoms with van der Waals surface area (Å²) in [6.07, 6.45) is 1.45. The fourth-order valence-corrected chi connectivity index (χ4v) is 2.67. The first-order chi connectivity index (χ1) is 11.1. The van der Waals surface area contributed by atoms with E-state index in [1.807, 2.05) is 36.4 Å². The molecule has 3 aromatic carbocycles. The molecule has 3 rings (SSSR count). The van der Waals surface area contributed by atoms with E-state index in [4.69, 9.17) is 0 Å². The van der Waals surface area contributed by atoms with E-state index in [-0.39, 0.29) is 11.7 Å². The smallest absolute Gasteiger partial charge is 0.271 e. The number of hydrogen-bond donors (Lipinski definition) is 2. The Morgan fingerprint density at radius 2 is 1.91 bits per heavy atom. The van der Waals surface area contributed by atoms with Crippen molar-refractivity contribution in [3.8, 4) is 5.75 Å². The van der Waals surface area contributed by atoms with Crippen LogP contribution in [0.2, 0.25) is 0 Å². The van der Waals surface area contributed by atoms with Crippen LogP contribution < -0.4 is 5.43 Å². The highest BCUT2D eigenvalue weighted by Crippen LogP contribution is 2.25. The first kappa shape index (κ1) is 15.2. The lowest BCUT2D eigenvalue weighted by molar-refractivity contribution is 0.0955. The minimum absolute atomic E-state index is 0.115.